The first-order valence-corrected chi connectivity index (χ1v) is 9.35. The molecule has 1 aromatic carbocycles. The van der Waals surface area contributed by atoms with Crippen LogP contribution in [0, 0.1) is 5.82 Å². The molecule has 3 rings (SSSR count). The topological polar surface area (TPSA) is 47.4 Å². The molecule has 0 bridgehead atoms. The molecule has 29 heavy (non-hydrogen) atoms. The molecule has 0 unspecified atom stereocenters. The Labute approximate surface area is 166 Å². The third-order valence-corrected chi connectivity index (χ3v) is 4.69. The van der Waals surface area contributed by atoms with Crippen molar-refractivity contribution in [3.8, 4) is 11.3 Å². The van der Waals surface area contributed by atoms with Crippen LogP contribution >= 0.6 is 0 Å². The Bertz CT molecular complexity index is 879. The second-order valence-corrected chi connectivity index (χ2v) is 8.03. The Morgan fingerprint density at radius 1 is 1.14 bits per heavy atom. The third-order valence-electron chi connectivity index (χ3n) is 4.69. The van der Waals surface area contributed by atoms with Crippen molar-refractivity contribution in [3.05, 3.63) is 41.8 Å². The van der Waals surface area contributed by atoms with Crippen molar-refractivity contribution >= 4 is 6.09 Å². The van der Waals surface area contributed by atoms with E-state index in [0.717, 1.165) is 12.3 Å². The SMILES string of the molecule is CC(C)(C)OC(=O)N1CCC(n2ncc(C(F)(F)F)c2-c2ccccc2F)CC1. The number of aromatic nitrogens is 2. The number of benzene rings is 1. The van der Waals surface area contributed by atoms with Gasteiger partial charge in [-0.2, -0.15) is 18.3 Å². The zero-order valence-corrected chi connectivity index (χ0v) is 16.5. The van der Waals surface area contributed by atoms with Gasteiger partial charge in [0.15, 0.2) is 0 Å². The Morgan fingerprint density at radius 3 is 2.31 bits per heavy atom. The number of carbonyl (C=O) groups excluding carboxylic acids is 1. The zero-order valence-electron chi connectivity index (χ0n) is 16.5. The summed E-state index contributed by atoms with van der Waals surface area (Å²) in [7, 11) is 0. The normalized spacial score (nSPS) is 16.2. The van der Waals surface area contributed by atoms with Gasteiger partial charge in [0.25, 0.3) is 0 Å². The zero-order chi connectivity index (χ0) is 21.4. The Kier molecular flexibility index (Phi) is 5.60. The molecule has 0 aliphatic carbocycles. The standard InChI is InChI=1S/C20H23F4N3O2/c1-19(2,3)29-18(28)26-10-8-13(9-11-26)27-17(14-6-4-5-7-16(14)21)15(12-25-27)20(22,23)24/h4-7,12-13H,8-11H2,1-3H3. The van der Waals surface area contributed by atoms with E-state index in [1.54, 1.807) is 20.8 Å². The highest BCUT2D eigenvalue weighted by Crippen LogP contribution is 2.40. The van der Waals surface area contributed by atoms with Crippen molar-refractivity contribution in [1.29, 1.82) is 0 Å². The molecule has 1 saturated heterocycles. The highest BCUT2D eigenvalue weighted by Gasteiger charge is 2.39. The average molecular weight is 413 g/mol. The maximum Gasteiger partial charge on any atom is 0.420 e. The van der Waals surface area contributed by atoms with Gasteiger partial charge in [-0.05, 0) is 45.7 Å². The predicted molar refractivity (Wildman–Crippen MR) is 98.7 cm³/mol. The number of rotatable bonds is 2. The van der Waals surface area contributed by atoms with Crippen molar-refractivity contribution in [2.75, 3.05) is 13.1 Å². The van der Waals surface area contributed by atoms with Crippen LogP contribution in [-0.2, 0) is 10.9 Å². The van der Waals surface area contributed by atoms with Gasteiger partial charge in [-0.15, -0.1) is 0 Å². The van der Waals surface area contributed by atoms with Gasteiger partial charge < -0.3 is 9.64 Å². The number of hydrogen-bond acceptors (Lipinski definition) is 3. The van der Waals surface area contributed by atoms with Crippen molar-refractivity contribution in [3.63, 3.8) is 0 Å². The molecule has 1 aliphatic heterocycles. The summed E-state index contributed by atoms with van der Waals surface area (Å²) < 4.78 is 61.5. The van der Waals surface area contributed by atoms with Crippen LogP contribution in [0.5, 0.6) is 0 Å². The van der Waals surface area contributed by atoms with E-state index in [9.17, 15) is 22.4 Å². The monoisotopic (exact) mass is 413 g/mol. The molecule has 0 N–H and O–H groups in total. The fraction of sp³-hybridized carbons (Fsp3) is 0.500. The fourth-order valence-electron chi connectivity index (χ4n) is 3.39. The lowest BCUT2D eigenvalue weighted by atomic mass is 10.0. The fourth-order valence-corrected chi connectivity index (χ4v) is 3.39. The van der Waals surface area contributed by atoms with Crippen LogP contribution in [-0.4, -0.2) is 39.5 Å². The Balaban J connectivity index is 1.87. The molecule has 158 valence electrons. The summed E-state index contributed by atoms with van der Waals surface area (Å²) in [5, 5.41) is 3.95. The first kappa shape index (κ1) is 21.1. The molecule has 0 saturated carbocycles. The number of amides is 1. The lowest BCUT2D eigenvalue weighted by molar-refractivity contribution is -0.137. The predicted octanol–water partition coefficient (Wildman–Crippen LogP) is 5.28. The second-order valence-electron chi connectivity index (χ2n) is 8.03. The minimum absolute atomic E-state index is 0.146. The summed E-state index contributed by atoms with van der Waals surface area (Å²) in [5.74, 6) is -0.744. The highest BCUT2D eigenvalue weighted by atomic mass is 19.4. The molecular weight excluding hydrogens is 390 g/mol. The van der Waals surface area contributed by atoms with Crippen LogP contribution in [0.4, 0.5) is 22.4 Å². The average Bonchev–Trinajstić information content (AvgIpc) is 3.06. The minimum atomic E-state index is -4.66. The van der Waals surface area contributed by atoms with E-state index < -0.39 is 29.3 Å². The number of hydrogen-bond donors (Lipinski definition) is 0. The summed E-state index contributed by atoms with van der Waals surface area (Å²) in [4.78, 5) is 13.7. The molecule has 1 amide bonds. The minimum Gasteiger partial charge on any atom is -0.444 e. The van der Waals surface area contributed by atoms with Gasteiger partial charge in [0, 0.05) is 18.7 Å². The van der Waals surface area contributed by atoms with Crippen LogP contribution in [0.2, 0.25) is 0 Å². The van der Waals surface area contributed by atoms with Crippen LogP contribution in [0.15, 0.2) is 30.5 Å². The van der Waals surface area contributed by atoms with E-state index in [1.165, 1.54) is 27.8 Å². The van der Waals surface area contributed by atoms with Crippen molar-refractivity contribution in [2.45, 2.75) is 51.4 Å². The molecule has 0 radical (unpaired) electrons. The van der Waals surface area contributed by atoms with Crippen molar-refractivity contribution < 1.29 is 27.1 Å². The summed E-state index contributed by atoms with van der Waals surface area (Å²) in [6.45, 7) is 5.93. The van der Waals surface area contributed by atoms with E-state index in [4.69, 9.17) is 4.74 Å². The Morgan fingerprint density at radius 2 is 1.76 bits per heavy atom. The van der Waals surface area contributed by atoms with Crippen molar-refractivity contribution in [1.82, 2.24) is 14.7 Å². The largest absolute Gasteiger partial charge is 0.444 e. The summed E-state index contributed by atoms with van der Waals surface area (Å²) in [5.41, 5.74) is -2.04. The lowest BCUT2D eigenvalue weighted by Crippen LogP contribution is -2.42. The van der Waals surface area contributed by atoms with E-state index in [1.807, 2.05) is 0 Å². The number of carbonyl (C=O) groups is 1. The highest BCUT2D eigenvalue weighted by molar-refractivity contribution is 5.68. The van der Waals surface area contributed by atoms with E-state index in [0.29, 0.717) is 25.9 Å². The number of ether oxygens (including phenoxy) is 1. The van der Waals surface area contributed by atoms with Crippen LogP contribution in [0.1, 0.15) is 45.2 Å². The van der Waals surface area contributed by atoms with Gasteiger partial charge >= 0.3 is 12.3 Å². The van der Waals surface area contributed by atoms with E-state index in [2.05, 4.69) is 5.10 Å². The van der Waals surface area contributed by atoms with Gasteiger partial charge in [0.2, 0.25) is 0 Å². The van der Waals surface area contributed by atoms with Crippen LogP contribution < -0.4 is 0 Å². The molecular formula is C20H23F4N3O2. The molecule has 0 spiro atoms. The molecule has 1 aromatic heterocycles. The Hall–Kier alpha value is -2.58. The van der Waals surface area contributed by atoms with Gasteiger partial charge in [0.1, 0.15) is 17.0 Å². The first-order chi connectivity index (χ1) is 13.5. The van der Waals surface area contributed by atoms with Gasteiger partial charge in [-0.25, -0.2) is 9.18 Å². The number of piperidine rings is 1. The summed E-state index contributed by atoms with van der Waals surface area (Å²) >= 11 is 0. The summed E-state index contributed by atoms with van der Waals surface area (Å²) in [6.07, 6.45) is -3.60. The number of halogens is 4. The smallest absolute Gasteiger partial charge is 0.420 e. The van der Waals surface area contributed by atoms with Gasteiger partial charge in [-0.3, -0.25) is 4.68 Å². The molecule has 0 atom stereocenters. The molecule has 5 nitrogen and oxygen atoms in total. The quantitative estimate of drug-likeness (QED) is 0.630. The molecule has 9 heteroatoms. The van der Waals surface area contributed by atoms with Crippen LogP contribution in [0.3, 0.4) is 0 Å². The molecule has 2 heterocycles. The van der Waals surface area contributed by atoms with E-state index in [-0.39, 0.29) is 17.3 Å². The molecule has 1 aliphatic rings. The first-order valence-electron chi connectivity index (χ1n) is 9.35. The summed E-state index contributed by atoms with van der Waals surface area (Å²) in [6, 6.07) is 4.96. The van der Waals surface area contributed by atoms with Crippen LogP contribution in [0.25, 0.3) is 11.3 Å². The maximum atomic E-state index is 14.3. The number of nitrogens with zero attached hydrogens (tertiary/aromatic N) is 3. The van der Waals surface area contributed by atoms with Gasteiger partial charge in [-0.1, -0.05) is 12.1 Å². The number of alkyl halides is 3. The molecule has 1 fully saturated rings. The third kappa shape index (κ3) is 4.71. The van der Waals surface area contributed by atoms with Crippen molar-refractivity contribution in [2.24, 2.45) is 0 Å². The lowest BCUT2D eigenvalue weighted by Gasteiger charge is -2.34. The number of likely N-dealkylation sites (tertiary alicyclic amines) is 1. The van der Waals surface area contributed by atoms with Gasteiger partial charge in [0.05, 0.1) is 17.9 Å². The van der Waals surface area contributed by atoms with E-state index >= 15 is 0 Å². The maximum absolute atomic E-state index is 14.3. The molecule has 2 aromatic rings. The second kappa shape index (κ2) is 7.68.